The fourth-order valence-electron chi connectivity index (χ4n) is 7.11. The van der Waals surface area contributed by atoms with Gasteiger partial charge >= 0.3 is 0 Å². The van der Waals surface area contributed by atoms with Gasteiger partial charge in [0.1, 0.15) is 5.82 Å². The molecular weight excluding hydrogens is 851 g/mol. The van der Waals surface area contributed by atoms with E-state index in [4.69, 9.17) is 0 Å². The van der Waals surface area contributed by atoms with Crippen molar-refractivity contribution in [1.82, 2.24) is 14.5 Å². The Balaban J connectivity index is 0.000000192. The van der Waals surface area contributed by atoms with Crippen LogP contribution >= 0.6 is 0 Å². The molecule has 1 aliphatic rings. The first-order valence-electron chi connectivity index (χ1n) is 18.7. The van der Waals surface area contributed by atoms with Gasteiger partial charge in [-0.05, 0) is 72.2 Å². The normalized spacial score (nSPS) is 12.5. The molecule has 55 heavy (non-hydrogen) atoms. The zero-order valence-corrected chi connectivity index (χ0v) is 34.7. The first kappa shape index (κ1) is 39.2. The molecule has 3 heterocycles. The molecule has 0 bridgehead atoms. The van der Waals surface area contributed by atoms with Crippen molar-refractivity contribution in [3.8, 4) is 17.1 Å². The molecule has 2 aromatic heterocycles. The molecule has 5 nitrogen and oxygen atoms in total. The van der Waals surface area contributed by atoms with Crippen LogP contribution in [0.15, 0.2) is 158 Å². The standard InChI is InChI=1S/C28H24N3.C21H23N2.Ir/c1-21-12-6-8-16-24(21)27-28(25-17-9-7-13-22(25)2)31(26-18-10-11-19-29-26)20-30(27)23-14-4-3-5-15-23;1-15(2)18-11-8-12-19(16(3)4)20(18)23-14-13-22-21(23)17-9-6-5-7-10-17;/h3-20H,1-2H3;5-9,11-16H,1-4H3;/q2*-1;. The molecule has 8 rings (SSSR count). The van der Waals surface area contributed by atoms with Crippen LogP contribution in [0.4, 0.5) is 11.5 Å². The van der Waals surface area contributed by atoms with Crippen LogP contribution in [0.3, 0.4) is 0 Å². The minimum Gasteiger partial charge on any atom is -0.473 e. The number of para-hydroxylation sites is 2. The van der Waals surface area contributed by atoms with Crippen LogP contribution in [-0.4, -0.2) is 14.5 Å². The van der Waals surface area contributed by atoms with Crippen molar-refractivity contribution in [2.24, 2.45) is 0 Å². The largest absolute Gasteiger partial charge is 0.473 e. The molecule has 5 aromatic carbocycles. The number of hydrogen-bond donors (Lipinski definition) is 0. The molecule has 0 fully saturated rings. The zero-order valence-electron chi connectivity index (χ0n) is 32.3. The molecule has 279 valence electrons. The number of nitrogens with zero attached hydrogens (tertiary/aromatic N) is 5. The molecule has 1 radical (unpaired) electrons. The van der Waals surface area contributed by atoms with E-state index in [0.717, 1.165) is 34.3 Å². The van der Waals surface area contributed by atoms with E-state index in [1.54, 1.807) is 0 Å². The summed E-state index contributed by atoms with van der Waals surface area (Å²) in [4.78, 5) is 13.8. The quantitative estimate of drug-likeness (QED) is 0.142. The summed E-state index contributed by atoms with van der Waals surface area (Å²) in [5.74, 6) is 2.75. The fourth-order valence-corrected chi connectivity index (χ4v) is 7.11. The van der Waals surface area contributed by atoms with E-state index in [1.807, 2.05) is 42.7 Å². The zero-order chi connectivity index (χ0) is 37.6. The topological polar surface area (TPSA) is 37.2 Å². The Morgan fingerprint density at radius 2 is 1.15 bits per heavy atom. The predicted molar refractivity (Wildman–Crippen MR) is 225 cm³/mol. The Hall–Kier alpha value is -5.55. The third-order valence-electron chi connectivity index (χ3n) is 9.84. The summed E-state index contributed by atoms with van der Waals surface area (Å²) in [7, 11) is 0. The molecule has 0 spiro atoms. The van der Waals surface area contributed by atoms with Gasteiger partial charge in [0, 0.05) is 72.6 Å². The number of hydrogen-bond acceptors (Lipinski definition) is 4. The Morgan fingerprint density at radius 3 is 1.71 bits per heavy atom. The first-order valence-corrected chi connectivity index (χ1v) is 18.7. The van der Waals surface area contributed by atoms with E-state index >= 15 is 0 Å². The SMILES string of the molecule is CC(C)c1cccc(C(C)C)c1-n1ccnc1-c1[c-]cccc1.Cc1ccccc1C1=C(c2ccccc2C)N(c2ccccn2)[CH-]N1c1ccccc1.[Ir]. The fraction of sp³-hybridized carbons (Fsp3) is 0.163. The summed E-state index contributed by atoms with van der Waals surface area (Å²) in [6.45, 7) is 15.5. The monoisotopic (exact) mass is 898 g/mol. The Morgan fingerprint density at radius 1 is 0.564 bits per heavy atom. The second-order valence-electron chi connectivity index (χ2n) is 14.2. The van der Waals surface area contributed by atoms with Gasteiger partial charge < -0.3 is 14.4 Å². The van der Waals surface area contributed by atoms with E-state index in [-0.39, 0.29) is 20.1 Å². The summed E-state index contributed by atoms with van der Waals surface area (Å²) in [5.41, 5.74) is 13.3. The third kappa shape index (κ3) is 8.27. The van der Waals surface area contributed by atoms with Crippen LogP contribution in [0, 0.1) is 26.6 Å². The molecule has 0 saturated carbocycles. The van der Waals surface area contributed by atoms with Crippen molar-refractivity contribution in [2.45, 2.75) is 53.4 Å². The van der Waals surface area contributed by atoms with Gasteiger partial charge in [-0.15, -0.1) is 42.6 Å². The Bertz CT molecular complexity index is 2220. The van der Waals surface area contributed by atoms with E-state index in [2.05, 4.69) is 194 Å². The van der Waals surface area contributed by atoms with Gasteiger partial charge in [-0.3, -0.25) is 4.98 Å². The average molecular weight is 898 g/mol. The number of benzene rings is 5. The number of anilines is 2. The van der Waals surface area contributed by atoms with E-state index in [1.165, 1.54) is 39.1 Å². The van der Waals surface area contributed by atoms with Crippen LogP contribution in [0.2, 0.25) is 0 Å². The van der Waals surface area contributed by atoms with Gasteiger partial charge in [0.2, 0.25) is 0 Å². The summed E-state index contributed by atoms with van der Waals surface area (Å²) >= 11 is 0. The van der Waals surface area contributed by atoms with Gasteiger partial charge in [-0.2, -0.15) is 0 Å². The van der Waals surface area contributed by atoms with E-state index in [9.17, 15) is 0 Å². The molecule has 0 saturated heterocycles. The maximum atomic E-state index is 4.68. The van der Waals surface area contributed by atoms with Gasteiger partial charge in [0.25, 0.3) is 0 Å². The van der Waals surface area contributed by atoms with E-state index < -0.39 is 0 Å². The number of pyridine rings is 1. The van der Waals surface area contributed by atoms with Crippen LogP contribution < -0.4 is 9.80 Å². The minimum absolute atomic E-state index is 0. The smallest absolute Gasteiger partial charge is 0.104 e. The maximum absolute atomic E-state index is 4.68. The number of rotatable bonds is 8. The number of imidazole rings is 1. The Labute approximate surface area is 340 Å². The number of aromatic nitrogens is 3. The van der Waals surface area contributed by atoms with Crippen molar-refractivity contribution in [3.63, 3.8) is 0 Å². The molecule has 0 N–H and O–H groups in total. The summed E-state index contributed by atoms with van der Waals surface area (Å²) < 4.78 is 2.22. The molecule has 0 atom stereocenters. The van der Waals surface area contributed by atoms with Crippen molar-refractivity contribution >= 4 is 22.9 Å². The van der Waals surface area contributed by atoms with Crippen LogP contribution in [0.25, 0.3) is 28.5 Å². The van der Waals surface area contributed by atoms with Crippen molar-refractivity contribution in [3.05, 3.63) is 204 Å². The summed E-state index contributed by atoms with van der Waals surface area (Å²) in [5, 5.41) is 0. The predicted octanol–water partition coefficient (Wildman–Crippen LogP) is 12.3. The van der Waals surface area contributed by atoms with Crippen LogP contribution in [0.1, 0.15) is 72.9 Å². The van der Waals surface area contributed by atoms with Gasteiger partial charge in [0.15, 0.2) is 0 Å². The molecule has 1 aliphatic heterocycles. The summed E-state index contributed by atoms with van der Waals surface area (Å²) in [6, 6.07) is 51.6. The van der Waals surface area contributed by atoms with Crippen LogP contribution in [-0.2, 0) is 20.1 Å². The van der Waals surface area contributed by atoms with Crippen molar-refractivity contribution in [2.75, 3.05) is 9.80 Å². The minimum atomic E-state index is 0. The van der Waals surface area contributed by atoms with E-state index in [0.29, 0.717) is 11.8 Å². The average Bonchev–Trinajstić information content (AvgIpc) is 3.85. The van der Waals surface area contributed by atoms with Crippen molar-refractivity contribution in [1.29, 1.82) is 0 Å². The third-order valence-corrected chi connectivity index (χ3v) is 9.84. The first-order chi connectivity index (χ1) is 26.3. The maximum Gasteiger partial charge on any atom is 0.104 e. The second kappa shape index (κ2) is 17.7. The Kier molecular flexibility index (Phi) is 12.6. The summed E-state index contributed by atoms with van der Waals surface area (Å²) in [6.07, 6.45) is 5.78. The second-order valence-corrected chi connectivity index (χ2v) is 14.2. The molecule has 0 aliphatic carbocycles. The van der Waals surface area contributed by atoms with Crippen LogP contribution in [0.5, 0.6) is 0 Å². The molecular formula is C49H47IrN5-2. The molecule has 7 aromatic rings. The van der Waals surface area contributed by atoms with Gasteiger partial charge in [-0.25, -0.2) is 4.98 Å². The number of aryl methyl sites for hydroxylation is 2. The molecule has 6 heteroatoms. The van der Waals surface area contributed by atoms with Gasteiger partial charge in [-0.1, -0.05) is 119 Å². The molecule has 0 amide bonds. The molecule has 0 unspecified atom stereocenters. The van der Waals surface area contributed by atoms with Crippen molar-refractivity contribution < 1.29 is 20.1 Å². The van der Waals surface area contributed by atoms with Gasteiger partial charge in [0.05, 0.1) is 5.82 Å².